The largest absolute Gasteiger partial charge is 0.484 e. The molecule has 1 unspecified atom stereocenters. The van der Waals surface area contributed by atoms with Crippen molar-refractivity contribution >= 4 is 11.8 Å². The Balaban J connectivity index is 2.00. The highest BCUT2D eigenvalue weighted by molar-refractivity contribution is 6.01. The van der Waals surface area contributed by atoms with Crippen LogP contribution in [0, 0.1) is 13.8 Å². The number of carbonyl (C=O) groups is 2. The topological polar surface area (TPSA) is 63.6 Å². The highest BCUT2D eigenvalue weighted by Crippen LogP contribution is 2.37. The maximum Gasteiger partial charge on any atom is 0.335 e. The lowest BCUT2D eigenvalue weighted by Gasteiger charge is -2.27. The molecule has 0 aromatic heterocycles. The zero-order chi connectivity index (χ0) is 15.9. The van der Waals surface area contributed by atoms with Gasteiger partial charge in [0.05, 0.1) is 17.5 Å². The number of ketones is 1. The number of carboxylic acid groups (broad SMARTS) is 1. The van der Waals surface area contributed by atoms with Gasteiger partial charge in [-0.25, -0.2) is 4.79 Å². The molecule has 112 valence electrons. The van der Waals surface area contributed by atoms with Gasteiger partial charge in [0.2, 0.25) is 0 Å². The third kappa shape index (κ3) is 2.48. The molecule has 2 aromatic carbocycles. The van der Waals surface area contributed by atoms with Gasteiger partial charge in [-0.3, -0.25) is 4.79 Å². The summed E-state index contributed by atoms with van der Waals surface area (Å²) in [4.78, 5) is 23.5. The summed E-state index contributed by atoms with van der Waals surface area (Å²) >= 11 is 0. The molecule has 4 heteroatoms. The lowest BCUT2D eigenvalue weighted by Crippen LogP contribution is -2.21. The van der Waals surface area contributed by atoms with Gasteiger partial charge in [-0.15, -0.1) is 0 Å². The molecule has 3 rings (SSSR count). The van der Waals surface area contributed by atoms with Crippen LogP contribution in [0.1, 0.15) is 49.9 Å². The zero-order valence-electron chi connectivity index (χ0n) is 12.4. The fraction of sp³-hybridized carbons (Fsp3) is 0.222. The smallest absolute Gasteiger partial charge is 0.335 e. The molecule has 0 bridgehead atoms. The van der Waals surface area contributed by atoms with E-state index in [4.69, 9.17) is 9.84 Å². The van der Waals surface area contributed by atoms with Crippen LogP contribution in [0.15, 0.2) is 36.4 Å². The second-order valence-electron chi connectivity index (χ2n) is 5.62. The summed E-state index contributed by atoms with van der Waals surface area (Å²) in [6, 6.07) is 10.4. The Bertz CT molecular complexity index is 777. The van der Waals surface area contributed by atoms with Crippen molar-refractivity contribution in [2.75, 3.05) is 0 Å². The minimum atomic E-state index is -0.990. The molecule has 1 atom stereocenters. The predicted octanol–water partition coefficient (Wildman–Crippen LogP) is 3.71. The molecule has 0 radical (unpaired) electrons. The van der Waals surface area contributed by atoms with Crippen LogP contribution in [0.25, 0.3) is 0 Å². The first kappa shape index (κ1) is 14.3. The van der Waals surface area contributed by atoms with Crippen molar-refractivity contribution in [1.29, 1.82) is 0 Å². The monoisotopic (exact) mass is 296 g/mol. The number of carboxylic acids is 1. The second-order valence-corrected chi connectivity index (χ2v) is 5.62. The van der Waals surface area contributed by atoms with Crippen molar-refractivity contribution < 1.29 is 19.4 Å². The number of carbonyl (C=O) groups excluding carboxylic acids is 1. The van der Waals surface area contributed by atoms with E-state index < -0.39 is 12.1 Å². The van der Waals surface area contributed by atoms with Gasteiger partial charge in [0.25, 0.3) is 0 Å². The second kappa shape index (κ2) is 5.30. The quantitative estimate of drug-likeness (QED) is 0.917. The van der Waals surface area contributed by atoms with Gasteiger partial charge >= 0.3 is 5.97 Å². The number of aromatic carboxylic acids is 1. The van der Waals surface area contributed by atoms with Gasteiger partial charge in [0.15, 0.2) is 5.78 Å². The molecule has 1 aliphatic rings. The van der Waals surface area contributed by atoms with E-state index in [0.717, 1.165) is 11.1 Å². The maximum atomic E-state index is 12.4. The standard InChI is InChI=1S/C18H16O4/c1-10-6-11(2)17-14(19)9-15(22-16(17)7-10)12-4-3-5-13(8-12)18(20)21/h3-8,15H,9H2,1-2H3,(H,20,21). The fourth-order valence-electron chi connectivity index (χ4n) is 2.90. The molecule has 0 aliphatic carbocycles. The lowest BCUT2D eigenvalue weighted by atomic mass is 9.92. The van der Waals surface area contributed by atoms with Crippen LogP contribution in [-0.4, -0.2) is 16.9 Å². The maximum absolute atomic E-state index is 12.4. The number of aryl methyl sites for hydroxylation is 2. The summed E-state index contributed by atoms with van der Waals surface area (Å²) < 4.78 is 5.97. The average molecular weight is 296 g/mol. The van der Waals surface area contributed by atoms with E-state index in [1.165, 1.54) is 6.07 Å². The van der Waals surface area contributed by atoms with Gasteiger partial charge in [-0.1, -0.05) is 18.2 Å². The first-order valence-corrected chi connectivity index (χ1v) is 7.10. The van der Waals surface area contributed by atoms with Crippen molar-refractivity contribution in [3.05, 3.63) is 64.2 Å². The molecule has 0 saturated carbocycles. The van der Waals surface area contributed by atoms with Gasteiger partial charge in [0, 0.05) is 0 Å². The van der Waals surface area contributed by atoms with E-state index in [-0.39, 0.29) is 17.8 Å². The third-order valence-corrected chi connectivity index (χ3v) is 3.87. The molecule has 1 aliphatic heterocycles. The van der Waals surface area contributed by atoms with E-state index in [2.05, 4.69) is 0 Å². The van der Waals surface area contributed by atoms with Crippen LogP contribution in [0.3, 0.4) is 0 Å². The number of hydrogen-bond donors (Lipinski definition) is 1. The third-order valence-electron chi connectivity index (χ3n) is 3.87. The van der Waals surface area contributed by atoms with E-state index in [1.807, 2.05) is 26.0 Å². The Kier molecular flexibility index (Phi) is 3.45. The number of fused-ring (bicyclic) bond motifs is 1. The van der Waals surface area contributed by atoms with Crippen LogP contribution in [-0.2, 0) is 0 Å². The Morgan fingerprint density at radius 2 is 2.00 bits per heavy atom. The SMILES string of the molecule is Cc1cc(C)c2c(c1)OC(c1cccc(C(=O)O)c1)CC2=O. The van der Waals surface area contributed by atoms with Gasteiger partial charge < -0.3 is 9.84 Å². The van der Waals surface area contributed by atoms with Crippen LogP contribution < -0.4 is 4.74 Å². The van der Waals surface area contributed by atoms with Gasteiger partial charge in [-0.2, -0.15) is 0 Å². The zero-order valence-corrected chi connectivity index (χ0v) is 12.4. The number of hydrogen-bond acceptors (Lipinski definition) is 3. The van der Waals surface area contributed by atoms with E-state index in [9.17, 15) is 9.59 Å². The molecular weight excluding hydrogens is 280 g/mol. The molecule has 22 heavy (non-hydrogen) atoms. The molecule has 0 spiro atoms. The van der Waals surface area contributed by atoms with Crippen molar-refractivity contribution in [3.8, 4) is 5.75 Å². The summed E-state index contributed by atoms with van der Waals surface area (Å²) in [5, 5.41) is 9.08. The Labute approximate surface area is 128 Å². The highest BCUT2D eigenvalue weighted by atomic mass is 16.5. The highest BCUT2D eigenvalue weighted by Gasteiger charge is 2.29. The number of rotatable bonds is 2. The molecule has 2 aromatic rings. The number of benzene rings is 2. The van der Waals surface area contributed by atoms with E-state index in [0.29, 0.717) is 16.9 Å². The van der Waals surface area contributed by atoms with E-state index >= 15 is 0 Å². The van der Waals surface area contributed by atoms with Gasteiger partial charge in [0.1, 0.15) is 11.9 Å². The summed E-state index contributed by atoms with van der Waals surface area (Å²) in [6.45, 7) is 3.86. The Morgan fingerprint density at radius 1 is 1.23 bits per heavy atom. The predicted molar refractivity (Wildman–Crippen MR) is 81.6 cm³/mol. The first-order chi connectivity index (χ1) is 10.5. The van der Waals surface area contributed by atoms with E-state index in [1.54, 1.807) is 18.2 Å². The lowest BCUT2D eigenvalue weighted by molar-refractivity contribution is 0.0696. The van der Waals surface area contributed by atoms with Crippen molar-refractivity contribution in [3.63, 3.8) is 0 Å². The minimum absolute atomic E-state index is 0.0319. The molecule has 0 fully saturated rings. The first-order valence-electron chi connectivity index (χ1n) is 7.10. The number of ether oxygens (including phenoxy) is 1. The number of Topliss-reactive ketones (excluding diaryl/α,β-unsaturated/α-hetero) is 1. The van der Waals surface area contributed by atoms with Crippen molar-refractivity contribution in [2.24, 2.45) is 0 Å². The molecular formula is C18H16O4. The molecule has 4 nitrogen and oxygen atoms in total. The van der Waals surface area contributed by atoms with Gasteiger partial charge in [-0.05, 0) is 48.7 Å². The Hall–Kier alpha value is -2.62. The van der Waals surface area contributed by atoms with Crippen molar-refractivity contribution in [2.45, 2.75) is 26.4 Å². The molecule has 1 heterocycles. The molecule has 1 N–H and O–H groups in total. The Morgan fingerprint density at radius 3 is 2.73 bits per heavy atom. The summed E-state index contributed by atoms with van der Waals surface area (Å²) in [5.74, 6) is -0.375. The normalized spacial score (nSPS) is 16.8. The van der Waals surface area contributed by atoms with Crippen LogP contribution >= 0.6 is 0 Å². The fourth-order valence-corrected chi connectivity index (χ4v) is 2.90. The molecule has 0 saturated heterocycles. The summed E-state index contributed by atoms with van der Waals surface area (Å²) in [7, 11) is 0. The summed E-state index contributed by atoms with van der Waals surface area (Å²) in [6.07, 6.45) is -0.222. The minimum Gasteiger partial charge on any atom is -0.484 e. The molecule has 0 amide bonds. The van der Waals surface area contributed by atoms with Crippen LogP contribution in [0.5, 0.6) is 5.75 Å². The van der Waals surface area contributed by atoms with Crippen LogP contribution in [0.4, 0.5) is 0 Å². The van der Waals surface area contributed by atoms with Crippen molar-refractivity contribution in [1.82, 2.24) is 0 Å². The average Bonchev–Trinajstić information content (AvgIpc) is 2.46. The van der Waals surface area contributed by atoms with Crippen LogP contribution in [0.2, 0.25) is 0 Å². The summed E-state index contributed by atoms with van der Waals surface area (Å²) in [5.41, 5.74) is 3.48.